The second-order valence-electron chi connectivity index (χ2n) is 5.59. The van der Waals surface area contributed by atoms with E-state index in [9.17, 15) is 27.9 Å². The number of phenols is 1. The molecule has 2 rings (SSSR count). The number of phenolic OH excluding ortho intramolecular Hbond substituents is 1. The molecule has 0 aliphatic carbocycles. The molecule has 150 valence electrons. The van der Waals surface area contributed by atoms with Crippen molar-refractivity contribution >= 4 is 29.2 Å². The molecule has 0 saturated carbocycles. The first-order chi connectivity index (χ1) is 13.0. The first-order valence-corrected chi connectivity index (χ1v) is 8.14. The molecular formula is C18H15ClF3NO5. The Labute approximate surface area is 162 Å². The molecule has 0 spiro atoms. The Kier molecular flexibility index (Phi) is 6.40. The van der Waals surface area contributed by atoms with Gasteiger partial charge in [-0.2, -0.15) is 13.2 Å². The van der Waals surface area contributed by atoms with Crippen molar-refractivity contribution < 1.29 is 37.3 Å². The third kappa shape index (κ3) is 4.86. The monoisotopic (exact) mass is 417 g/mol. The van der Waals surface area contributed by atoms with E-state index in [4.69, 9.17) is 11.6 Å². The minimum absolute atomic E-state index is 0.162. The summed E-state index contributed by atoms with van der Waals surface area (Å²) in [6.07, 6.45) is -4.86. The Bertz CT molecular complexity index is 898. The number of halogens is 4. The van der Waals surface area contributed by atoms with E-state index in [1.807, 2.05) is 0 Å². The molecule has 0 aromatic heterocycles. The van der Waals surface area contributed by atoms with Crippen molar-refractivity contribution in [2.45, 2.75) is 19.6 Å². The van der Waals surface area contributed by atoms with Crippen molar-refractivity contribution in [3.05, 3.63) is 52.0 Å². The highest BCUT2D eigenvalue weighted by Crippen LogP contribution is 2.46. The van der Waals surface area contributed by atoms with Crippen molar-refractivity contribution in [2.24, 2.45) is 0 Å². The largest absolute Gasteiger partial charge is 0.506 e. The highest BCUT2D eigenvalue weighted by Gasteiger charge is 2.38. The second kappa shape index (κ2) is 8.39. The summed E-state index contributed by atoms with van der Waals surface area (Å²) in [5.74, 6) is -3.15. The van der Waals surface area contributed by atoms with Gasteiger partial charge in [0.15, 0.2) is 5.75 Å². The van der Waals surface area contributed by atoms with E-state index in [-0.39, 0.29) is 12.1 Å². The van der Waals surface area contributed by atoms with Crippen molar-refractivity contribution in [2.75, 3.05) is 12.4 Å². The zero-order valence-electron chi connectivity index (χ0n) is 14.7. The van der Waals surface area contributed by atoms with Gasteiger partial charge in [0, 0.05) is 24.7 Å². The topological polar surface area (TPSA) is 84.9 Å². The van der Waals surface area contributed by atoms with Crippen LogP contribution >= 0.6 is 11.6 Å². The van der Waals surface area contributed by atoms with Gasteiger partial charge in [0.2, 0.25) is 0 Å². The molecule has 0 aliphatic heterocycles. The Morgan fingerprint density at radius 2 is 1.82 bits per heavy atom. The number of methoxy groups -OCH3 is 1. The first kappa shape index (κ1) is 21.4. The van der Waals surface area contributed by atoms with E-state index in [1.54, 1.807) is 0 Å². The fraction of sp³-hybridized carbons (Fsp3) is 0.222. The van der Waals surface area contributed by atoms with Crippen LogP contribution in [0.25, 0.3) is 0 Å². The Hall–Kier alpha value is -2.94. The fourth-order valence-corrected chi connectivity index (χ4v) is 2.56. The van der Waals surface area contributed by atoms with Crippen molar-refractivity contribution in [1.29, 1.82) is 0 Å². The van der Waals surface area contributed by atoms with Gasteiger partial charge >= 0.3 is 18.1 Å². The number of rotatable bonds is 5. The van der Waals surface area contributed by atoms with Crippen LogP contribution in [0.15, 0.2) is 30.3 Å². The van der Waals surface area contributed by atoms with Crippen molar-refractivity contribution in [3.63, 3.8) is 0 Å². The molecule has 0 atom stereocenters. The minimum Gasteiger partial charge on any atom is -0.506 e. The fourth-order valence-electron chi connectivity index (χ4n) is 2.30. The van der Waals surface area contributed by atoms with E-state index in [2.05, 4.69) is 14.8 Å². The van der Waals surface area contributed by atoms with Crippen LogP contribution < -0.4 is 10.1 Å². The standard InChI is InChI=1S/C18H15ClF3NO5/c1-9(24)28-16-13(18(20,21)22)7-11(15(25)14(16)19)8-23-12-5-3-10(4-6-12)17(26)27-2/h3-7,23,25H,8H2,1-2H3. The average molecular weight is 418 g/mol. The number of hydrogen-bond acceptors (Lipinski definition) is 6. The van der Waals surface area contributed by atoms with Gasteiger partial charge in [0.1, 0.15) is 16.3 Å². The number of benzene rings is 2. The van der Waals surface area contributed by atoms with Gasteiger partial charge in [-0.25, -0.2) is 4.79 Å². The van der Waals surface area contributed by atoms with Gasteiger partial charge in [0.05, 0.1) is 12.7 Å². The van der Waals surface area contributed by atoms with E-state index >= 15 is 0 Å². The maximum atomic E-state index is 13.3. The predicted molar refractivity (Wildman–Crippen MR) is 94.5 cm³/mol. The lowest BCUT2D eigenvalue weighted by Gasteiger charge is -2.17. The first-order valence-electron chi connectivity index (χ1n) is 7.76. The van der Waals surface area contributed by atoms with Crippen LogP contribution in [0.3, 0.4) is 0 Å². The van der Waals surface area contributed by atoms with Gasteiger partial charge in [-0.05, 0) is 30.3 Å². The minimum atomic E-state index is -4.86. The van der Waals surface area contributed by atoms with Crippen LogP contribution in [-0.2, 0) is 22.3 Å². The zero-order valence-corrected chi connectivity index (χ0v) is 15.4. The molecule has 2 aromatic carbocycles. The maximum Gasteiger partial charge on any atom is 0.420 e. The third-order valence-electron chi connectivity index (χ3n) is 3.61. The van der Waals surface area contributed by atoms with Crippen molar-refractivity contribution in [1.82, 2.24) is 0 Å². The predicted octanol–water partition coefficient (Wildman–Crippen LogP) is 4.39. The maximum absolute atomic E-state index is 13.3. The number of anilines is 1. The Balaban J connectivity index is 2.32. The summed E-state index contributed by atoms with van der Waals surface area (Å²) in [4.78, 5) is 22.5. The molecule has 0 saturated heterocycles. The lowest BCUT2D eigenvalue weighted by atomic mass is 10.1. The normalized spacial score (nSPS) is 11.1. The number of esters is 2. The van der Waals surface area contributed by atoms with Gasteiger partial charge in [0.25, 0.3) is 0 Å². The summed E-state index contributed by atoms with van der Waals surface area (Å²) in [5, 5.41) is 12.2. The average Bonchev–Trinajstić information content (AvgIpc) is 2.63. The summed E-state index contributed by atoms with van der Waals surface area (Å²) in [7, 11) is 1.23. The second-order valence-corrected chi connectivity index (χ2v) is 5.97. The molecule has 10 heteroatoms. The van der Waals surface area contributed by atoms with E-state index < -0.39 is 40.2 Å². The summed E-state index contributed by atoms with van der Waals surface area (Å²) in [5.41, 5.74) is -0.682. The molecule has 0 unspecified atom stereocenters. The smallest absolute Gasteiger partial charge is 0.420 e. The third-order valence-corrected chi connectivity index (χ3v) is 3.97. The molecular weight excluding hydrogens is 403 g/mol. The van der Waals surface area contributed by atoms with Crippen LogP contribution in [0.1, 0.15) is 28.4 Å². The summed E-state index contributed by atoms with van der Waals surface area (Å²) >= 11 is 5.80. The number of carbonyl (C=O) groups is 2. The van der Waals surface area contributed by atoms with E-state index in [0.717, 1.165) is 6.92 Å². The van der Waals surface area contributed by atoms with Crippen LogP contribution in [0.5, 0.6) is 11.5 Å². The number of carbonyl (C=O) groups excluding carboxylic acids is 2. The lowest BCUT2D eigenvalue weighted by Crippen LogP contribution is -2.13. The zero-order chi connectivity index (χ0) is 21.1. The Morgan fingerprint density at radius 3 is 2.32 bits per heavy atom. The van der Waals surface area contributed by atoms with Gasteiger partial charge in [-0.3, -0.25) is 4.79 Å². The summed E-state index contributed by atoms with van der Waals surface area (Å²) < 4.78 is 49.0. The SMILES string of the molecule is COC(=O)c1ccc(NCc2cc(C(F)(F)F)c(OC(C)=O)c(Cl)c2O)cc1. The summed E-state index contributed by atoms with van der Waals surface area (Å²) in [6.45, 7) is 0.702. The molecule has 0 aliphatic rings. The molecule has 2 N–H and O–H groups in total. The quantitative estimate of drug-likeness (QED) is 0.554. The number of aromatic hydroxyl groups is 1. The Morgan fingerprint density at radius 1 is 1.21 bits per heavy atom. The summed E-state index contributed by atoms with van der Waals surface area (Å²) in [6, 6.07) is 6.61. The molecule has 0 radical (unpaired) electrons. The lowest BCUT2D eigenvalue weighted by molar-refractivity contribution is -0.141. The molecule has 0 amide bonds. The number of alkyl halides is 3. The molecule has 0 bridgehead atoms. The molecule has 6 nitrogen and oxygen atoms in total. The van der Waals surface area contributed by atoms with Crippen LogP contribution in [0.4, 0.5) is 18.9 Å². The molecule has 2 aromatic rings. The number of nitrogens with one attached hydrogen (secondary N) is 1. The molecule has 28 heavy (non-hydrogen) atoms. The van der Waals surface area contributed by atoms with Gasteiger partial charge in [-0.15, -0.1) is 0 Å². The highest BCUT2D eigenvalue weighted by atomic mass is 35.5. The highest BCUT2D eigenvalue weighted by molar-refractivity contribution is 6.33. The van der Waals surface area contributed by atoms with Crippen LogP contribution in [-0.4, -0.2) is 24.2 Å². The molecule has 0 fully saturated rings. The number of hydrogen-bond donors (Lipinski definition) is 2. The van der Waals surface area contributed by atoms with E-state index in [0.29, 0.717) is 17.3 Å². The van der Waals surface area contributed by atoms with E-state index in [1.165, 1.54) is 31.4 Å². The van der Waals surface area contributed by atoms with Crippen LogP contribution in [0.2, 0.25) is 5.02 Å². The van der Waals surface area contributed by atoms with Gasteiger partial charge in [-0.1, -0.05) is 11.6 Å². The van der Waals surface area contributed by atoms with Crippen molar-refractivity contribution in [3.8, 4) is 11.5 Å². The van der Waals surface area contributed by atoms with Gasteiger partial charge < -0.3 is 19.9 Å². The van der Waals surface area contributed by atoms with Crippen LogP contribution in [0, 0.1) is 0 Å². The number of ether oxygens (including phenoxy) is 2. The molecule has 0 heterocycles.